The number of amides is 1. The Labute approximate surface area is 127 Å². The number of thiocarbonyl (C=S) groups is 1. The molecule has 4 heteroatoms. The van der Waals surface area contributed by atoms with Gasteiger partial charge in [-0.2, -0.15) is 0 Å². The van der Waals surface area contributed by atoms with Crippen molar-refractivity contribution in [1.29, 1.82) is 0 Å². The van der Waals surface area contributed by atoms with E-state index in [0.717, 1.165) is 11.3 Å². The molecule has 0 aliphatic rings. The highest BCUT2D eigenvalue weighted by Gasteiger charge is 2.41. The smallest absolute Gasteiger partial charge is 0.240 e. The average molecular weight is 292 g/mol. The molecule has 0 fully saturated rings. The summed E-state index contributed by atoms with van der Waals surface area (Å²) in [7, 11) is 0. The quantitative estimate of drug-likeness (QED) is 0.817. The van der Waals surface area contributed by atoms with Crippen LogP contribution in [-0.2, 0) is 4.79 Å². The van der Waals surface area contributed by atoms with E-state index >= 15 is 0 Å². The first-order chi connectivity index (χ1) is 9.44. The van der Waals surface area contributed by atoms with E-state index in [4.69, 9.17) is 18.0 Å². The summed E-state index contributed by atoms with van der Waals surface area (Å²) in [6.07, 6.45) is 1.25. The zero-order chi connectivity index (χ0) is 15.3. The van der Waals surface area contributed by atoms with Crippen molar-refractivity contribution in [3.63, 3.8) is 0 Å². The second-order valence-electron chi connectivity index (χ2n) is 4.99. The van der Waals surface area contributed by atoms with Crippen molar-refractivity contribution in [1.82, 2.24) is 0 Å². The number of nitrogens with two attached hydrogens (primary N) is 1. The van der Waals surface area contributed by atoms with Gasteiger partial charge in [-0.25, -0.2) is 0 Å². The van der Waals surface area contributed by atoms with Crippen LogP contribution in [0.5, 0.6) is 0 Å². The molecule has 0 aromatic heterocycles. The molecule has 0 spiro atoms. The molecule has 1 aromatic carbocycles. The third-order valence-corrected chi connectivity index (χ3v) is 4.45. The highest BCUT2D eigenvalue weighted by Crippen LogP contribution is 2.32. The number of anilines is 1. The highest BCUT2D eigenvalue weighted by atomic mass is 32.1. The van der Waals surface area contributed by atoms with Crippen molar-refractivity contribution in [2.45, 2.75) is 40.5 Å². The highest BCUT2D eigenvalue weighted by molar-refractivity contribution is 7.80. The Morgan fingerprint density at radius 3 is 2.20 bits per heavy atom. The molecule has 2 N–H and O–H groups in total. The molecule has 3 nitrogen and oxygen atoms in total. The monoisotopic (exact) mass is 292 g/mol. The van der Waals surface area contributed by atoms with Crippen LogP contribution in [0.25, 0.3) is 0 Å². The van der Waals surface area contributed by atoms with Gasteiger partial charge in [0.15, 0.2) is 0 Å². The first-order valence-electron chi connectivity index (χ1n) is 7.12. The maximum Gasteiger partial charge on any atom is 0.240 e. The zero-order valence-corrected chi connectivity index (χ0v) is 13.6. The van der Waals surface area contributed by atoms with Gasteiger partial charge in [-0.05, 0) is 38.3 Å². The van der Waals surface area contributed by atoms with Crippen LogP contribution in [0.2, 0.25) is 0 Å². The first-order valence-corrected chi connectivity index (χ1v) is 7.52. The van der Waals surface area contributed by atoms with Crippen molar-refractivity contribution in [2.75, 3.05) is 11.4 Å². The molecule has 0 bridgehead atoms. The van der Waals surface area contributed by atoms with Crippen LogP contribution in [0, 0.1) is 12.3 Å². The molecule has 0 saturated heterocycles. The van der Waals surface area contributed by atoms with Crippen molar-refractivity contribution in [2.24, 2.45) is 11.1 Å². The summed E-state index contributed by atoms with van der Waals surface area (Å²) in [5.41, 5.74) is 7.15. The molecule has 20 heavy (non-hydrogen) atoms. The van der Waals surface area contributed by atoms with E-state index in [1.807, 2.05) is 52.0 Å². The van der Waals surface area contributed by atoms with Gasteiger partial charge in [-0.1, -0.05) is 44.3 Å². The lowest BCUT2D eigenvalue weighted by atomic mass is 9.80. The molecular weight excluding hydrogens is 268 g/mol. The van der Waals surface area contributed by atoms with Crippen molar-refractivity contribution in [3.05, 3.63) is 29.8 Å². The molecule has 0 atom stereocenters. The van der Waals surface area contributed by atoms with Crippen LogP contribution in [0.4, 0.5) is 5.69 Å². The van der Waals surface area contributed by atoms with E-state index in [9.17, 15) is 4.79 Å². The van der Waals surface area contributed by atoms with E-state index in [2.05, 4.69) is 0 Å². The molecule has 0 aliphatic heterocycles. The Balaban J connectivity index is 3.28. The third kappa shape index (κ3) is 2.85. The second kappa shape index (κ2) is 6.84. The Bertz CT molecular complexity index is 495. The lowest BCUT2D eigenvalue weighted by Crippen LogP contribution is -2.50. The molecule has 1 aromatic rings. The van der Waals surface area contributed by atoms with E-state index in [1.165, 1.54) is 0 Å². The average Bonchev–Trinajstić information content (AvgIpc) is 2.43. The summed E-state index contributed by atoms with van der Waals surface area (Å²) in [6.45, 7) is 8.51. The fourth-order valence-corrected chi connectivity index (χ4v) is 2.93. The number of carbonyl (C=O) groups is 1. The first kappa shape index (κ1) is 16.6. The molecular formula is C16H24N2OS. The van der Waals surface area contributed by atoms with Crippen LogP contribution < -0.4 is 10.6 Å². The molecule has 0 aliphatic carbocycles. The van der Waals surface area contributed by atoms with Gasteiger partial charge in [0.25, 0.3) is 0 Å². The maximum absolute atomic E-state index is 13.0. The Hall–Kier alpha value is -1.42. The van der Waals surface area contributed by atoms with Gasteiger partial charge in [-0.3, -0.25) is 4.79 Å². The van der Waals surface area contributed by atoms with Gasteiger partial charge in [0.2, 0.25) is 5.91 Å². The molecule has 0 radical (unpaired) electrons. The lowest BCUT2D eigenvalue weighted by molar-refractivity contribution is -0.125. The van der Waals surface area contributed by atoms with Crippen LogP contribution in [-0.4, -0.2) is 17.4 Å². The summed E-state index contributed by atoms with van der Waals surface area (Å²) >= 11 is 5.18. The summed E-state index contributed by atoms with van der Waals surface area (Å²) < 4.78 is 0. The van der Waals surface area contributed by atoms with Crippen molar-refractivity contribution in [3.8, 4) is 0 Å². The van der Waals surface area contributed by atoms with Crippen LogP contribution in [0.15, 0.2) is 24.3 Å². The summed E-state index contributed by atoms with van der Waals surface area (Å²) in [4.78, 5) is 15.1. The van der Waals surface area contributed by atoms with E-state index in [1.54, 1.807) is 4.90 Å². The number of benzene rings is 1. The number of carbonyl (C=O) groups excluding carboxylic acids is 1. The van der Waals surface area contributed by atoms with Gasteiger partial charge in [0, 0.05) is 12.2 Å². The zero-order valence-electron chi connectivity index (χ0n) is 12.8. The van der Waals surface area contributed by atoms with E-state index in [-0.39, 0.29) is 5.91 Å². The number of rotatable bonds is 6. The summed E-state index contributed by atoms with van der Waals surface area (Å²) in [5.74, 6) is 0.00630. The Morgan fingerprint density at radius 1 is 1.25 bits per heavy atom. The lowest BCUT2D eigenvalue weighted by Gasteiger charge is -2.35. The van der Waals surface area contributed by atoms with Crippen molar-refractivity contribution >= 4 is 28.8 Å². The van der Waals surface area contributed by atoms with Crippen LogP contribution >= 0.6 is 12.2 Å². The van der Waals surface area contributed by atoms with Gasteiger partial charge in [-0.15, -0.1) is 0 Å². The summed E-state index contributed by atoms with van der Waals surface area (Å²) in [5, 5.41) is 0. The molecule has 0 unspecified atom stereocenters. The molecule has 1 rings (SSSR count). The fourth-order valence-electron chi connectivity index (χ4n) is 2.55. The number of hydrogen-bond acceptors (Lipinski definition) is 2. The van der Waals surface area contributed by atoms with Gasteiger partial charge in [0.05, 0.1) is 10.4 Å². The Morgan fingerprint density at radius 2 is 1.80 bits per heavy atom. The fraction of sp³-hybridized carbons (Fsp3) is 0.500. The molecule has 1 amide bonds. The number of hydrogen-bond donors (Lipinski definition) is 1. The van der Waals surface area contributed by atoms with Gasteiger partial charge in [0.1, 0.15) is 0 Å². The largest absolute Gasteiger partial charge is 0.392 e. The van der Waals surface area contributed by atoms with Crippen LogP contribution in [0.3, 0.4) is 0 Å². The minimum Gasteiger partial charge on any atom is -0.392 e. The molecule has 110 valence electrons. The third-order valence-electron chi connectivity index (χ3n) is 4.06. The second-order valence-corrected chi connectivity index (χ2v) is 5.43. The van der Waals surface area contributed by atoms with E-state index < -0.39 is 5.41 Å². The molecule has 0 heterocycles. The minimum atomic E-state index is -0.742. The van der Waals surface area contributed by atoms with Gasteiger partial charge < -0.3 is 10.6 Å². The predicted octanol–water partition coefficient (Wildman–Crippen LogP) is 3.44. The summed E-state index contributed by atoms with van der Waals surface area (Å²) in [6, 6.07) is 7.88. The van der Waals surface area contributed by atoms with Crippen LogP contribution in [0.1, 0.15) is 39.2 Å². The number of para-hydroxylation sites is 1. The minimum absolute atomic E-state index is 0.00630. The topological polar surface area (TPSA) is 46.3 Å². The standard InChI is InChI=1S/C16H24N2OS/c1-5-16(6-2,14(17)20)15(19)18(7-3)13-11-9-8-10-12(13)4/h8-11H,5-7H2,1-4H3,(H2,17,20). The number of nitrogens with zero attached hydrogens (tertiary/aromatic N) is 1. The van der Waals surface area contributed by atoms with Crippen molar-refractivity contribution < 1.29 is 4.79 Å². The van der Waals surface area contributed by atoms with E-state index in [0.29, 0.717) is 24.4 Å². The normalized spacial score (nSPS) is 11.2. The molecule has 0 saturated carbocycles. The number of aryl methyl sites for hydroxylation is 1. The SMILES string of the molecule is CCN(C(=O)C(CC)(CC)C(N)=S)c1ccccc1C. The Kier molecular flexibility index (Phi) is 5.69. The predicted molar refractivity (Wildman–Crippen MR) is 89.0 cm³/mol. The van der Waals surface area contributed by atoms with Gasteiger partial charge >= 0.3 is 0 Å². The maximum atomic E-state index is 13.0.